The van der Waals surface area contributed by atoms with Crippen molar-refractivity contribution in [3.05, 3.63) is 176 Å². The first kappa shape index (κ1) is 28.7. The fraction of sp³-hybridized carbons (Fsp3) is 0. The summed E-state index contributed by atoms with van der Waals surface area (Å²) in [6.07, 6.45) is 0. The predicted molar refractivity (Wildman–Crippen MR) is 213 cm³/mol. The Hall–Kier alpha value is -5.30. The molecule has 0 bridgehead atoms. The van der Waals surface area contributed by atoms with E-state index in [1.54, 1.807) is 0 Å². The maximum absolute atomic E-state index is 5.40. The first-order valence-electron chi connectivity index (χ1n) is 16.6. The van der Waals surface area contributed by atoms with Crippen molar-refractivity contribution in [1.29, 1.82) is 0 Å². The van der Waals surface area contributed by atoms with Gasteiger partial charge in [0.15, 0.2) is 0 Å². The number of hydrogen-bond acceptors (Lipinski definition) is 1. The van der Waals surface area contributed by atoms with Gasteiger partial charge in [-0.1, -0.05) is 36.4 Å². The molecule has 0 aliphatic heterocycles. The summed E-state index contributed by atoms with van der Waals surface area (Å²) in [7, 11) is 0. The van der Waals surface area contributed by atoms with E-state index in [4.69, 9.17) is 4.98 Å². The number of imidazole rings is 1. The average molecular weight is 708 g/mol. The standard InChI is InChI=1S/C45H29N2PSe/c49-48(33-15-3-1-4-16-33,34-17-5-2-6-18-34)35-24-27-42-40(29-35)44-38-20-10-8-13-31(38)22-25-39(44)45-46-41-28-32(23-26-43(41)47(42)45)37-21-11-14-30-12-7-9-19-36(30)37/h1-29H. The number of pyridine rings is 1. The topological polar surface area (TPSA) is 17.3 Å². The molecule has 0 N–H and O–H groups in total. The third-order valence-electron chi connectivity index (χ3n) is 10.0. The van der Waals surface area contributed by atoms with Crippen LogP contribution in [0.5, 0.6) is 0 Å². The van der Waals surface area contributed by atoms with Gasteiger partial charge in [-0.25, -0.2) is 0 Å². The van der Waals surface area contributed by atoms with Gasteiger partial charge >= 0.3 is 251 Å². The molecular formula is C45H29N2PSe. The quantitative estimate of drug-likeness (QED) is 0.101. The van der Waals surface area contributed by atoms with Crippen LogP contribution in [-0.2, 0) is 0 Å². The van der Waals surface area contributed by atoms with E-state index in [1.165, 1.54) is 59.4 Å². The van der Waals surface area contributed by atoms with E-state index in [9.17, 15) is 0 Å². The van der Waals surface area contributed by atoms with Gasteiger partial charge in [0, 0.05) is 0 Å². The van der Waals surface area contributed by atoms with Gasteiger partial charge in [0.25, 0.3) is 0 Å². The molecule has 2 nitrogen and oxygen atoms in total. The molecule has 10 aromatic rings. The van der Waals surface area contributed by atoms with Gasteiger partial charge in [-0.15, -0.1) is 0 Å². The van der Waals surface area contributed by atoms with Gasteiger partial charge in [-0.3, -0.25) is 0 Å². The van der Waals surface area contributed by atoms with Crippen molar-refractivity contribution in [3.8, 4) is 11.1 Å². The average Bonchev–Trinajstić information content (AvgIpc) is 3.57. The molecule has 0 unspecified atom stereocenters. The SMILES string of the molecule is [Se]=P(c1ccccc1)(c1ccccc1)c1ccc2c(c1)c1c3ccccc3ccc1c1nc3cc(-c4cccc5ccccc45)ccc3n21. The van der Waals surface area contributed by atoms with Crippen LogP contribution in [0.2, 0.25) is 0 Å². The molecule has 230 valence electrons. The molecule has 2 aromatic heterocycles. The van der Waals surface area contributed by atoms with Crippen molar-refractivity contribution in [1.82, 2.24) is 9.38 Å². The molecule has 0 aliphatic rings. The van der Waals surface area contributed by atoms with Crippen LogP contribution < -0.4 is 15.9 Å². The molecule has 0 spiro atoms. The normalized spacial score (nSPS) is 12.2. The Morgan fingerprint density at radius 2 is 1.08 bits per heavy atom. The van der Waals surface area contributed by atoms with Crippen molar-refractivity contribution >= 4 is 96.4 Å². The van der Waals surface area contributed by atoms with E-state index in [1.807, 2.05) is 0 Å². The van der Waals surface area contributed by atoms with Crippen molar-refractivity contribution in [2.45, 2.75) is 0 Å². The Balaban J connectivity index is 1.31. The van der Waals surface area contributed by atoms with Crippen LogP contribution in [0.3, 0.4) is 0 Å². The Morgan fingerprint density at radius 3 is 1.84 bits per heavy atom. The number of aromatic nitrogens is 2. The van der Waals surface area contributed by atoms with Crippen LogP contribution in [0, 0.1) is 0 Å². The number of benzene rings is 8. The molecule has 0 amide bonds. The molecule has 10 rings (SSSR count). The van der Waals surface area contributed by atoms with Crippen LogP contribution in [0.15, 0.2) is 176 Å². The second kappa shape index (κ2) is 11.1. The summed E-state index contributed by atoms with van der Waals surface area (Å²) in [5.41, 5.74) is 4.59. The van der Waals surface area contributed by atoms with Crippen molar-refractivity contribution in [2.24, 2.45) is 0 Å². The van der Waals surface area contributed by atoms with Crippen LogP contribution >= 0.6 is 5.51 Å². The first-order valence-corrected chi connectivity index (χ1v) is 20.6. The summed E-state index contributed by atoms with van der Waals surface area (Å²) in [6.45, 7) is 0. The number of nitrogens with zero attached hydrogens (tertiary/aromatic N) is 2. The van der Waals surface area contributed by atoms with Gasteiger partial charge in [-0.05, 0) is 5.39 Å². The van der Waals surface area contributed by atoms with Crippen LogP contribution in [0.1, 0.15) is 0 Å². The Kier molecular flexibility index (Phi) is 6.51. The fourth-order valence-corrected chi connectivity index (χ4v) is 12.7. The zero-order chi connectivity index (χ0) is 32.5. The van der Waals surface area contributed by atoms with E-state index in [0.29, 0.717) is 0 Å². The zero-order valence-electron chi connectivity index (χ0n) is 26.5. The Labute approximate surface area is 291 Å². The first-order chi connectivity index (χ1) is 24.2. The molecule has 49 heavy (non-hydrogen) atoms. The third kappa shape index (κ3) is 4.34. The zero-order valence-corrected chi connectivity index (χ0v) is 29.1. The molecule has 2 heterocycles. The third-order valence-corrected chi connectivity index (χ3v) is 17.1. The maximum atomic E-state index is 5.40. The molecule has 0 saturated carbocycles. The van der Waals surface area contributed by atoms with Crippen molar-refractivity contribution < 1.29 is 0 Å². The minimum absolute atomic E-state index is 0.987. The minimum atomic E-state index is -2.07. The van der Waals surface area contributed by atoms with Crippen LogP contribution in [0.25, 0.3) is 71.0 Å². The molecule has 0 radical (unpaired) electrons. The molecule has 0 aliphatic carbocycles. The summed E-state index contributed by atoms with van der Waals surface area (Å²) in [5, 5.41) is 12.6. The molecule has 0 atom stereocenters. The summed E-state index contributed by atoms with van der Waals surface area (Å²) >= 11 is 3.78. The number of rotatable bonds is 4. The summed E-state index contributed by atoms with van der Waals surface area (Å²) in [6, 6.07) is 64.2. The van der Waals surface area contributed by atoms with Gasteiger partial charge < -0.3 is 0 Å². The second-order valence-corrected chi connectivity index (χ2v) is 18.9. The molecular weight excluding hydrogens is 678 g/mol. The van der Waals surface area contributed by atoms with Gasteiger partial charge in [-0.2, -0.15) is 0 Å². The van der Waals surface area contributed by atoms with E-state index in [-0.39, 0.29) is 0 Å². The second-order valence-electron chi connectivity index (χ2n) is 12.7. The molecule has 0 saturated heterocycles. The summed E-state index contributed by atoms with van der Waals surface area (Å²) < 4.78 is 2.38. The fourth-order valence-electron chi connectivity index (χ4n) is 7.74. The van der Waals surface area contributed by atoms with E-state index < -0.39 is 5.51 Å². The van der Waals surface area contributed by atoms with Crippen molar-refractivity contribution in [2.75, 3.05) is 0 Å². The van der Waals surface area contributed by atoms with Gasteiger partial charge in [0.1, 0.15) is 0 Å². The summed E-state index contributed by atoms with van der Waals surface area (Å²) in [4.78, 5) is 5.40. The number of hydrogen-bond donors (Lipinski definition) is 0. The van der Waals surface area contributed by atoms with Gasteiger partial charge in [0.05, 0.1) is 0 Å². The molecule has 8 aromatic carbocycles. The predicted octanol–water partition coefficient (Wildman–Crippen LogP) is 10.1. The van der Waals surface area contributed by atoms with E-state index in [2.05, 4.69) is 195 Å². The van der Waals surface area contributed by atoms with Crippen LogP contribution in [-0.4, -0.2) is 24.5 Å². The summed E-state index contributed by atoms with van der Waals surface area (Å²) in [5.74, 6) is 0. The molecule has 0 fully saturated rings. The Morgan fingerprint density at radius 1 is 0.449 bits per heavy atom. The van der Waals surface area contributed by atoms with Crippen LogP contribution in [0.4, 0.5) is 0 Å². The van der Waals surface area contributed by atoms with Crippen molar-refractivity contribution in [3.63, 3.8) is 0 Å². The van der Waals surface area contributed by atoms with E-state index >= 15 is 0 Å². The Bertz CT molecular complexity index is 2920. The monoisotopic (exact) mass is 708 g/mol. The number of fused-ring (bicyclic) bond motifs is 11. The van der Waals surface area contributed by atoms with Gasteiger partial charge in [0.2, 0.25) is 0 Å². The van der Waals surface area contributed by atoms with E-state index in [0.717, 1.165) is 27.6 Å². The molecule has 4 heteroatoms.